The summed E-state index contributed by atoms with van der Waals surface area (Å²) in [4.78, 5) is 0. The fourth-order valence-electron chi connectivity index (χ4n) is 1.94. The predicted octanol–water partition coefficient (Wildman–Crippen LogP) is 0.871. The highest BCUT2D eigenvalue weighted by atomic mass is 16.6. The first kappa shape index (κ1) is 5.33. The second kappa shape index (κ2) is 1.63. The minimum Gasteiger partial charge on any atom is -0.368 e. The van der Waals surface area contributed by atoms with E-state index in [1.165, 1.54) is 0 Å². The van der Waals surface area contributed by atoms with Gasteiger partial charge in [-0.25, -0.2) is 0 Å². The van der Waals surface area contributed by atoms with E-state index in [0.29, 0.717) is 24.4 Å². The largest absolute Gasteiger partial charge is 0.368 e. The zero-order valence-corrected chi connectivity index (χ0v) is 5.69. The first-order valence-corrected chi connectivity index (χ1v) is 3.91. The van der Waals surface area contributed by atoms with Gasteiger partial charge >= 0.3 is 0 Å². The average molecular weight is 138 g/mol. The summed E-state index contributed by atoms with van der Waals surface area (Å²) in [7, 11) is 0. The quantitative estimate of drug-likeness (QED) is 0.366. The molecule has 0 amide bonds. The second-order valence-corrected chi connectivity index (χ2v) is 3.25. The van der Waals surface area contributed by atoms with Gasteiger partial charge in [-0.3, -0.25) is 0 Å². The number of rotatable bonds is 0. The molecule has 0 aliphatic carbocycles. The van der Waals surface area contributed by atoms with Crippen LogP contribution in [0, 0.1) is 0 Å². The van der Waals surface area contributed by atoms with Crippen molar-refractivity contribution in [1.82, 2.24) is 0 Å². The molecule has 3 heterocycles. The van der Waals surface area contributed by atoms with Crippen LogP contribution in [0.5, 0.6) is 0 Å². The van der Waals surface area contributed by atoms with Gasteiger partial charge in [0.25, 0.3) is 0 Å². The van der Waals surface area contributed by atoms with Crippen LogP contribution in [0.4, 0.5) is 0 Å². The highest BCUT2D eigenvalue weighted by Crippen LogP contribution is 2.40. The lowest BCUT2D eigenvalue weighted by Gasteiger charge is -2.27. The number of hydrogen-bond acceptors (Lipinski definition) is 2. The minimum absolute atomic E-state index is 0.363. The fourth-order valence-corrected chi connectivity index (χ4v) is 1.94. The Bertz CT molecular complexity index is 188. The number of ether oxygens (including phenoxy) is 2. The molecular weight excluding hydrogens is 128 g/mol. The topological polar surface area (TPSA) is 21.8 Å². The smallest absolute Gasteiger partial charge is 0.111 e. The maximum atomic E-state index is 5.66. The normalized spacial score (nSPS) is 56.0. The summed E-state index contributed by atoms with van der Waals surface area (Å²) < 4.78 is 11.1. The summed E-state index contributed by atoms with van der Waals surface area (Å²) in [5, 5.41) is 0. The van der Waals surface area contributed by atoms with E-state index in [2.05, 4.69) is 12.2 Å². The van der Waals surface area contributed by atoms with E-state index in [-0.39, 0.29) is 0 Å². The van der Waals surface area contributed by atoms with Crippen molar-refractivity contribution in [3.05, 3.63) is 12.2 Å². The molecule has 3 aliphatic rings. The predicted molar refractivity (Wildman–Crippen MR) is 35.7 cm³/mol. The van der Waals surface area contributed by atoms with Crippen molar-refractivity contribution in [2.24, 2.45) is 0 Å². The molecule has 0 aromatic rings. The molecule has 2 bridgehead atoms. The Hall–Kier alpha value is -0.340. The van der Waals surface area contributed by atoms with Crippen molar-refractivity contribution in [2.45, 2.75) is 37.3 Å². The SMILES string of the molecule is C1=C[C@@H]2C[C@@H]3O[C@@H]3[C@H](C1)O2. The third kappa shape index (κ3) is 0.607. The number of epoxide rings is 1. The number of hydrogen-bond donors (Lipinski definition) is 0. The average Bonchev–Trinajstić information content (AvgIpc) is 2.68. The molecule has 2 fully saturated rings. The van der Waals surface area contributed by atoms with Gasteiger partial charge in [0.05, 0.1) is 18.3 Å². The summed E-state index contributed by atoms with van der Waals surface area (Å²) in [6.45, 7) is 0. The Balaban J connectivity index is 1.91. The van der Waals surface area contributed by atoms with Crippen LogP contribution in [0.15, 0.2) is 12.2 Å². The van der Waals surface area contributed by atoms with Crippen LogP contribution in [-0.2, 0) is 9.47 Å². The van der Waals surface area contributed by atoms with Crippen molar-refractivity contribution >= 4 is 0 Å². The Morgan fingerprint density at radius 1 is 1.20 bits per heavy atom. The lowest BCUT2D eigenvalue weighted by molar-refractivity contribution is -0.0194. The van der Waals surface area contributed by atoms with Crippen LogP contribution in [0.2, 0.25) is 0 Å². The van der Waals surface area contributed by atoms with Gasteiger partial charge in [0.15, 0.2) is 0 Å². The van der Waals surface area contributed by atoms with Crippen LogP contribution < -0.4 is 0 Å². The molecule has 54 valence electrons. The molecule has 2 heteroatoms. The maximum Gasteiger partial charge on any atom is 0.111 e. The van der Waals surface area contributed by atoms with Crippen LogP contribution in [0.1, 0.15) is 12.8 Å². The van der Waals surface area contributed by atoms with E-state index in [0.717, 1.165) is 12.8 Å². The van der Waals surface area contributed by atoms with Crippen molar-refractivity contribution < 1.29 is 9.47 Å². The molecule has 0 saturated carbocycles. The second-order valence-electron chi connectivity index (χ2n) is 3.25. The van der Waals surface area contributed by atoms with E-state index in [1.54, 1.807) is 0 Å². The summed E-state index contributed by atoms with van der Waals surface area (Å²) in [5.74, 6) is 0. The molecule has 2 saturated heterocycles. The van der Waals surface area contributed by atoms with Crippen LogP contribution >= 0.6 is 0 Å². The summed E-state index contributed by atoms with van der Waals surface area (Å²) >= 11 is 0. The van der Waals surface area contributed by atoms with Crippen LogP contribution in [0.25, 0.3) is 0 Å². The molecule has 10 heavy (non-hydrogen) atoms. The van der Waals surface area contributed by atoms with Crippen LogP contribution in [0.3, 0.4) is 0 Å². The van der Waals surface area contributed by atoms with E-state index in [9.17, 15) is 0 Å². The number of fused-ring (bicyclic) bond motifs is 4. The maximum absolute atomic E-state index is 5.66. The highest BCUT2D eigenvalue weighted by molar-refractivity contribution is 5.09. The highest BCUT2D eigenvalue weighted by Gasteiger charge is 2.51. The van der Waals surface area contributed by atoms with E-state index >= 15 is 0 Å². The van der Waals surface area contributed by atoms with Crippen molar-refractivity contribution in [3.63, 3.8) is 0 Å². The standard InChI is InChI=1S/C8H10O2/c1-2-5-4-7-8(10-7)6(3-1)9-5/h1-2,5-8H,3-4H2/t5-,6+,7+,8-/m1/s1. The fraction of sp³-hybridized carbons (Fsp3) is 0.750. The Labute approximate surface area is 59.8 Å². The molecular formula is C8H10O2. The molecule has 2 nitrogen and oxygen atoms in total. The summed E-state index contributed by atoms with van der Waals surface area (Å²) in [6.07, 6.45) is 8.24. The molecule has 3 rings (SSSR count). The molecule has 3 aliphatic heterocycles. The van der Waals surface area contributed by atoms with Gasteiger partial charge in [0.1, 0.15) is 6.10 Å². The van der Waals surface area contributed by atoms with Crippen molar-refractivity contribution in [1.29, 1.82) is 0 Å². The van der Waals surface area contributed by atoms with Gasteiger partial charge in [-0.15, -0.1) is 0 Å². The first-order chi connectivity index (χ1) is 4.93. The van der Waals surface area contributed by atoms with Gasteiger partial charge in [0, 0.05) is 6.42 Å². The van der Waals surface area contributed by atoms with Gasteiger partial charge < -0.3 is 9.47 Å². The minimum atomic E-state index is 0.363. The lowest BCUT2D eigenvalue weighted by Crippen LogP contribution is -2.35. The third-order valence-electron chi connectivity index (χ3n) is 2.52. The van der Waals surface area contributed by atoms with Crippen molar-refractivity contribution in [3.8, 4) is 0 Å². The van der Waals surface area contributed by atoms with Crippen molar-refractivity contribution in [2.75, 3.05) is 0 Å². The lowest BCUT2D eigenvalue weighted by atomic mass is 9.97. The van der Waals surface area contributed by atoms with E-state index in [4.69, 9.17) is 9.47 Å². The first-order valence-electron chi connectivity index (χ1n) is 3.91. The zero-order chi connectivity index (χ0) is 6.55. The molecule has 0 radical (unpaired) electrons. The Kier molecular flexibility index (Phi) is 0.868. The van der Waals surface area contributed by atoms with Crippen LogP contribution in [-0.4, -0.2) is 24.4 Å². The van der Waals surface area contributed by atoms with Gasteiger partial charge in [-0.1, -0.05) is 12.2 Å². The third-order valence-corrected chi connectivity index (χ3v) is 2.52. The molecule has 0 spiro atoms. The van der Waals surface area contributed by atoms with Gasteiger partial charge in [-0.2, -0.15) is 0 Å². The zero-order valence-electron chi connectivity index (χ0n) is 5.69. The molecule has 0 unspecified atom stereocenters. The summed E-state index contributed by atoms with van der Waals surface area (Å²) in [6, 6.07) is 0. The molecule has 4 atom stereocenters. The molecule has 0 aromatic carbocycles. The van der Waals surface area contributed by atoms with Gasteiger partial charge in [0.2, 0.25) is 0 Å². The Morgan fingerprint density at radius 2 is 2.20 bits per heavy atom. The van der Waals surface area contributed by atoms with E-state index < -0.39 is 0 Å². The van der Waals surface area contributed by atoms with Gasteiger partial charge in [-0.05, 0) is 6.42 Å². The monoisotopic (exact) mass is 138 g/mol. The Morgan fingerprint density at radius 3 is 3.20 bits per heavy atom. The van der Waals surface area contributed by atoms with E-state index in [1.807, 2.05) is 0 Å². The summed E-state index contributed by atoms with van der Waals surface area (Å²) in [5.41, 5.74) is 0. The molecule has 0 N–H and O–H groups in total. The molecule has 0 aromatic heterocycles.